The molecule has 2 atom stereocenters. The maximum atomic E-state index is 12.0. The van der Waals surface area contributed by atoms with Crippen LogP contribution in [0, 0.1) is 0 Å². The van der Waals surface area contributed by atoms with Crippen LogP contribution >= 0.6 is 0 Å². The second kappa shape index (κ2) is 5.50. The van der Waals surface area contributed by atoms with Gasteiger partial charge in [-0.25, -0.2) is 4.79 Å². The molecule has 0 bridgehead atoms. The maximum absolute atomic E-state index is 12.0. The highest BCUT2D eigenvalue weighted by Gasteiger charge is 2.23. The summed E-state index contributed by atoms with van der Waals surface area (Å²) in [6.07, 6.45) is 1.97. The van der Waals surface area contributed by atoms with Gasteiger partial charge in [-0.3, -0.25) is 0 Å². The largest absolute Gasteiger partial charge is 0.379 e. The van der Waals surface area contributed by atoms with Crippen LogP contribution in [0.2, 0.25) is 0 Å². The van der Waals surface area contributed by atoms with Gasteiger partial charge in [0.1, 0.15) is 0 Å². The van der Waals surface area contributed by atoms with Crippen LogP contribution in [0.5, 0.6) is 0 Å². The second-order valence-electron chi connectivity index (χ2n) is 4.49. The lowest BCUT2D eigenvalue weighted by Crippen LogP contribution is -2.47. The van der Waals surface area contributed by atoms with Crippen LogP contribution < -0.4 is 5.32 Å². The van der Waals surface area contributed by atoms with Crippen molar-refractivity contribution in [1.82, 2.24) is 10.2 Å². The van der Waals surface area contributed by atoms with Crippen molar-refractivity contribution >= 4 is 6.03 Å². The zero-order chi connectivity index (χ0) is 11.4. The molecule has 2 rings (SSSR count). The average molecular weight is 228 g/mol. The van der Waals surface area contributed by atoms with Crippen LogP contribution in [0.3, 0.4) is 0 Å². The van der Waals surface area contributed by atoms with Gasteiger partial charge in [-0.15, -0.1) is 0 Å². The van der Waals surface area contributed by atoms with E-state index < -0.39 is 0 Å². The highest BCUT2D eigenvalue weighted by atomic mass is 16.5. The number of nitrogens with one attached hydrogen (secondary N) is 1. The third kappa shape index (κ3) is 3.09. The Balaban J connectivity index is 1.82. The Labute approximate surface area is 96.1 Å². The third-order valence-corrected chi connectivity index (χ3v) is 3.00. The van der Waals surface area contributed by atoms with Crippen LogP contribution in [0.4, 0.5) is 4.79 Å². The maximum Gasteiger partial charge on any atom is 0.317 e. The summed E-state index contributed by atoms with van der Waals surface area (Å²) in [4.78, 5) is 13.8. The summed E-state index contributed by atoms with van der Waals surface area (Å²) in [5.74, 6) is 0. The van der Waals surface area contributed by atoms with Crippen molar-refractivity contribution < 1.29 is 14.3 Å². The van der Waals surface area contributed by atoms with Crippen LogP contribution in [-0.2, 0) is 9.47 Å². The summed E-state index contributed by atoms with van der Waals surface area (Å²) >= 11 is 0. The lowest BCUT2D eigenvalue weighted by Gasteiger charge is -2.24. The Bertz CT molecular complexity index is 241. The molecule has 2 amide bonds. The SMILES string of the molecule is CC1CN(C(=O)NC2CCOC2)CCCO1. The zero-order valence-corrected chi connectivity index (χ0v) is 9.78. The van der Waals surface area contributed by atoms with Crippen molar-refractivity contribution in [2.75, 3.05) is 32.9 Å². The molecule has 0 aromatic heterocycles. The van der Waals surface area contributed by atoms with E-state index in [9.17, 15) is 4.79 Å². The molecule has 5 nitrogen and oxygen atoms in total. The normalized spacial score (nSPS) is 31.2. The van der Waals surface area contributed by atoms with Gasteiger partial charge in [0.15, 0.2) is 0 Å². The molecule has 0 aromatic carbocycles. The van der Waals surface area contributed by atoms with Gasteiger partial charge in [0, 0.05) is 26.3 Å². The van der Waals surface area contributed by atoms with E-state index in [4.69, 9.17) is 9.47 Å². The first-order valence-corrected chi connectivity index (χ1v) is 6.00. The lowest BCUT2D eigenvalue weighted by molar-refractivity contribution is 0.0708. The molecule has 0 spiro atoms. The summed E-state index contributed by atoms with van der Waals surface area (Å²) in [6.45, 7) is 5.61. The predicted octanol–water partition coefficient (Wildman–Crippen LogP) is 0.596. The number of carbonyl (C=O) groups excluding carboxylic acids is 1. The van der Waals surface area contributed by atoms with Gasteiger partial charge in [0.25, 0.3) is 0 Å². The van der Waals surface area contributed by atoms with Crippen molar-refractivity contribution in [3.05, 3.63) is 0 Å². The average Bonchev–Trinajstić information content (AvgIpc) is 2.65. The van der Waals surface area contributed by atoms with E-state index in [0.717, 1.165) is 32.6 Å². The third-order valence-electron chi connectivity index (χ3n) is 3.00. The van der Waals surface area contributed by atoms with Crippen molar-refractivity contribution in [2.45, 2.75) is 31.9 Å². The first-order chi connectivity index (χ1) is 7.75. The fourth-order valence-corrected chi connectivity index (χ4v) is 2.09. The number of rotatable bonds is 1. The monoisotopic (exact) mass is 228 g/mol. The molecule has 16 heavy (non-hydrogen) atoms. The summed E-state index contributed by atoms with van der Waals surface area (Å²) in [5, 5.41) is 3.00. The predicted molar refractivity (Wildman–Crippen MR) is 59.4 cm³/mol. The van der Waals surface area contributed by atoms with Crippen LogP contribution in [0.1, 0.15) is 19.8 Å². The minimum Gasteiger partial charge on any atom is -0.379 e. The molecule has 2 aliphatic rings. The molecule has 2 aliphatic heterocycles. The number of carbonyl (C=O) groups is 1. The van der Waals surface area contributed by atoms with Gasteiger partial charge < -0.3 is 19.7 Å². The van der Waals surface area contributed by atoms with Crippen molar-refractivity contribution in [1.29, 1.82) is 0 Å². The van der Waals surface area contributed by atoms with E-state index in [0.29, 0.717) is 13.2 Å². The molecule has 5 heteroatoms. The van der Waals surface area contributed by atoms with E-state index in [1.807, 2.05) is 11.8 Å². The highest BCUT2D eigenvalue weighted by Crippen LogP contribution is 2.08. The molecule has 92 valence electrons. The summed E-state index contributed by atoms with van der Waals surface area (Å²) in [7, 11) is 0. The van der Waals surface area contributed by atoms with E-state index in [1.165, 1.54) is 0 Å². The molecule has 0 aromatic rings. The van der Waals surface area contributed by atoms with Crippen LogP contribution in [0.15, 0.2) is 0 Å². The fraction of sp³-hybridized carbons (Fsp3) is 0.909. The number of amides is 2. The molecular weight excluding hydrogens is 208 g/mol. The molecule has 2 saturated heterocycles. The number of hydrogen-bond acceptors (Lipinski definition) is 3. The first-order valence-electron chi connectivity index (χ1n) is 6.00. The number of hydrogen-bond donors (Lipinski definition) is 1. The smallest absolute Gasteiger partial charge is 0.317 e. The van der Waals surface area contributed by atoms with Crippen molar-refractivity contribution in [2.24, 2.45) is 0 Å². The van der Waals surface area contributed by atoms with Gasteiger partial charge >= 0.3 is 6.03 Å². The van der Waals surface area contributed by atoms with E-state index in [-0.39, 0.29) is 18.2 Å². The van der Waals surface area contributed by atoms with E-state index in [1.54, 1.807) is 0 Å². The molecule has 0 radical (unpaired) electrons. The second-order valence-corrected chi connectivity index (χ2v) is 4.49. The molecule has 0 saturated carbocycles. The fourth-order valence-electron chi connectivity index (χ4n) is 2.09. The quantitative estimate of drug-likeness (QED) is 0.715. The van der Waals surface area contributed by atoms with Gasteiger partial charge in [-0.2, -0.15) is 0 Å². The van der Waals surface area contributed by atoms with Crippen molar-refractivity contribution in [3.63, 3.8) is 0 Å². The Morgan fingerprint density at radius 2 is 2.31 bits per heavy atom. The molecule has 2 fully saturated rings. The number of nitrogens with zero attached hydrogens (tertiary/aromatic N) is 1. The minimum atomic E-state index is 0.0212. The van der Waals surface area contributed by atoms with Gasteiger partial charge in [-0.1, -0.05) is 0 Å². The summed E-state index contributed by atoms with van der Waals surface area (Å²) in [6, 6.07) is 0.208. The number of urea groups is 1. The van der Waals surface area contributed by atoms with Gasteiger partial charge in [-0.05, 0) is 19.8 Å². The topological polar surface area (TPSA) is 50.8 Å². The van der Waals surface area contributed by atoms with Crippen LogP contribution in [0.25, 0.3) is 0 Å². The molecule has 2 unspecified atom stereocenters. The highest BCUT2D eigenvalue weighted by molar-refractivity contribution is 5.74. The molecular formula is C11H20N2O3. The lowest BCUT2D eigenvalue weighted by atomic mass is 10.2. The summed E-state index contributed by atoms with van der Waals surface area (Å²) in [5.41, 5.74) is 0. The summed E-state index contributed by atoms with van der Waals surface area (Å²) < 4.78 is 10.7. The Kier molecular flexibility index (Phi) is 4.01. The molecule has 0 aliphatic carbocycles. The zero-order valence-electron chi connectivity index (χ0n) is 9.78. The number of ether oxygens (including phenoxy) is 2. The van der Waals surface area contributed by atoms with Gasteiger partial charge in [0.2, 0.25) is 0 Å². The standard InChI is InChI=1S/C11H20N2O3/c1-9-7-13(4-2-5-16-9)11(14)12-10-3-6-15-8-10/h9-10H,2-8H2,1H3,(H,12,14). The molecule has 1 N–H and O–H groups in total. The van der Waals surface area contributed by atoms with Gasteiger partial charge in [0.05, 0.1) is 18.8 Å². The Hall–Kier alpha value is -0.810. The Morgan fingerprint density at radius 1 is 1.44 bits per heavy atom. The minimum absolute atomic E-state index is 0.0212. The van der Waals surface area contributed by atoms with E-state index in [2.05, 4.69) is 5.32 Å². The first kappa shape index (κ1) is 11.7. The van der Waals surface area contributed by atoms with E-state index >= 15 is 0 Å². The van der Waals surface area contributed by atoms with Crippen molar-refractivity contribution in [3.8, 4) is 0 Å². The molecule has 2 heterocycles. The Morgan fingerprint density at radius 3 is 3.06 bits per heavy atom. The van der Waals surface area contributed by atoms with Crippen LogP contribution in [-0.4, -0.2) is 56.0 Å².